The molecule has 0 saturated heterocycles. The summed E-state index contributed by atoms with van der Waals surface area (Å²) in [6, 6.07) is 9.53. The van der Waals surface area contributed by atoms with Crippen molar-refractivity contribution in [3.8, 4) is 0 Å². The molecular weight excluding hydrogens is 452 g/mol. The van der Waals surface area contributed by atoms with Crippen LogP contribution in [0.3, 0.4) is 0 Å². The van der Waals surface area contributed by atoms with Gasteiger partial charge in [-0.3, -0.25) is 4.68 Å². The average Bonchev–Trinajstić information content (AvgIpc) is 3.25. The molecular formula is C22H23ClN4O2S2. The predicted octanol–water partition coefficient (Wildman–Crippen LogP) is 5.51. The first-order valence-corrected chi connectivity index (χ1v) is 11.7. The minimum absolute atomic E-state index is 0.325. The number of benzene rings is 1. The molecule has 0 saturated carbocycles. The van der Waals surface area contributed by atoms with E-state index >= 15 is 0 Å². The number of carbonyl (C=O) groups excluding carboxylic acids is 1. The highest BCUT2D eigenvalue weighted by molar-refractivity contribution is 7.80. The van der Waals surface area contributed by atoms with E-state index < -0.39 is 0 Å². The van der Waals surface area contributed by atoms with Crippen LogP contribution in [-0.2, 0) is 24.1 Å². The molecule has 1 aromatic carbocycles. The van der Waals surface area contributed by atoms with Gasteiger partial charge in [0.1, 0.15) is 5.00 Å². The Bertz CT molecular complexity index is 1110. The van der Waals surface area contributed by atoms with E-state index in [1.165, 1.54) is 18.4 Å². The van der Waals surface area contributed by atoms with E-state index in [0.717, 1.165) is 41.8 Å². The molecule has 31 heavy (non-hydrogen) atoms. The third-order valence-corrected chi connectivity index (χ3v) is 6.99. The number of ether oxygens (including phenoxy) is 1. The van der Waals surface area contributed by atoms with Crippen LogP contribution in [0.2, 0.25) is 5.02 Å². The molecule has 2 aromatic heterocycles. The van der Waals surface area contributed by atoms with Crippen LogP contribution in [0.15, 0.2) is 36.5 Å². The number of aryl methyl sites for hydroxylation is 1. The van der Waals surface area contributed by atoms with Crippen molar-refractivity contribution < 1.29 is 9.53 Å². The summed E-state index contributed by atoms with van der Waals surface area (Å²) in [5.74, 6) is 0.288. The van der Waals surface area contributed by atoms with E-state index in [1.807, 2.05) is 36.5 Å². The Hall–Kier alpha value is -2.42. The molecule has 0 spiro atoms. The van der Waals surface area contributed by atoms with Crippen molar-refractivity contribution in [3.63, 3.8) is 0 Å². The molecule has 3 aromatic rings. The largest absolute Gasteiger partial charge is 0.465 e. The third kappa shape index (κ3) is 5.08. The summed E-state index contributed by atoms with van der Waals surface area (Å²) in [7, 11) is 1.41. The van der Waals surface area contributed by atoms with Crippen molar-refractivity contribution in [1.29, 1.82) is 0 Å². The number of hydrogen-bond acceptors (Lipinski definition) is 5. The van der Waals surface area contributed by atoms with E-state index in [-0.39, 0.29) is 5.97 Å². The fourth-order valence-electron chi connectivity index (χ4n) is 3.72. The van der Waals surface area contributed by atoms with Gasteiger partial charge in [0.2, 0.25) is 0 Å². The fourth-order valence-corrected chi connectivity index (χ4v) is 5.47. The summed E-state index contributed by atoms with van der Waals surface area (Å²) in [4.78, 5) is 13.7. The van der Waals surface area contributed by atoms with Gasteiger partial charge in [-0.25, -0.2) is 4.79 Å². The van der Waals surface area contributed by atoms with Gasteiger partial charge in [-0.1, -0.05) is 36.2 Å². The SMILES string of the molecule is COC(=O)c1c(NC(=S)Nc2ccn(Cc3ccccc3Cl)n2)sc2c1CCCCC2. The lowest BCUT2D eigenvalue weighted by Gasteiger charge is -2.10. The summed E-state index contributed by atoms with van der Waals surface area (Å²) in [5.41, 5.74) is 2.70. The highest BCUT2D eigenvalue weighted by atomic mass is 35.5. The van der Waals surface area contributed by atoms with Gasteiger partial charge in [0.05, 0.1) is 19.2 Å². The first-order chi connectivity index (χ1) is 15.0. The van der Waals surface area contributed by atoms with Crippen LogP contribution < -0.4 is 10.6 Å². The van der Waals surface area contributed by atoms with E-state index in [0.29, 0.717) is 28.1 Å². The van der Waals surface area contributed by atoms with E-state index in [2.05, 4.69) is 15.7 Å². The Morgan fingerprint density at radius 1 is 1.23 bits per heavy atom. The fraction of sp³-hybridized carbons (Fsp3) is 0.318. The van der Waals surface area contributed by atoms with Crippen LogP contribution in [0.5, 0.6) is 0 Å². The maximum atomic E-state index is 12.5. The Kier molecular flexibility index (Phi) is 6.89. The molecule has 0 unspecified atom stereocenters. The topological polar surface area (TPSA) is 68.2 Å². The van der Waals surface area contributed by atoms with Gasteiger partial charge in [-0.15, -0.1) is 11.3 Å². The zero-order valence-corrected chi connectivity index (χ0v) is 19.5. The number of thiocarbonyl (C=S) groups is 1. The second-order valence-electron chi connectivity index (χ2n) is 7.33. The van der Waals surface area contributed by atoms with Crippen LogP contribution >= 0.6 is 35.2 Å². The molecule has 0 bridgehead atoms. The van der Waals surface area contributed by atoms with Crippen molar-refractivity contribution in [2.45, 2.75) is 38.6 Å². The van der Waals surface area contributed by atoms with Crippen LogP contribution in [-0.4, -0.2) is 28.0 Å². The molecule has 6 nitrogen and oxygen atoms in total. The molecule has 0 fully saturated rings. The van der Waals surface area contributed by atoms with E-state index in [1.54, 1.807) is 16.0 Å². The van der Waals surface area contributed by atoms with Crippen molar-refractivity contribution in [2.24, 2.45) is 0 Å². The van der Waals surface area contributed by atoms with E-state index in [9.17, 15) is 4.79 Å². The number of nitrogens with one attached hydrogen (secondary N) is 2. The third-order valence-electron chi connectivity index (χ3n) is 5.21. The second kappa shape index (κ2) is 9.80. The Morgan fingerprint density at radius 2 is 2.03 bits per heavy atom. The Morgan fingerprint density at radius 3 is 2.84 bits per heavy atom. The zero-order chi connectivity index (χ0) is 21.8. The number of methoxy groups -OCH3 is 1. The number of rotatable bonds is 5. The first kappa shape index (κ1) is 21.8. The second-order valence-corrected chi connectivity index (χ2v) is 9.25. The van der Waals surface area contributed by atoms with Crippen LogP contribution in [0.1, 0.15) is 45.6 Å². The molecule has 162 valence electrons. The van der Waals surface area contributed by atoms with Crippen LogP contribution in [0, 0.1) is 0 Å². The number of hydrogen-bond donors (Lipinski definition) is 2. The highest BCUT2D eigenvalue weighted by Crippen LogP contribution is 2.38. The lowest BCUT2D eigenvalue weighted by Crippen LogP contribution is -2.20. The van der Waals surface area contributed by atoms with E-state index in [4.69, 9.17) is 28.6 Å². The predicted molar refractivity (Wildman–Crippen MR) is 130 cm³/mol. The number of aromatic nitrogens is 2. The number of anilines is 2. The molecule has 0 atom stereocenters. The van der Waals surface area contributed by atoms with Crippen molar-refractivity contribution in [1.82, 2.24) is 9.78 Å². The molecule has 1 aliphatic carbocycles. The summed E-state index contributed by atoms with van der Waals surface area (Å²) in [6.45, 7) is 0.561. The molecule has 4 rings (SSSR count). The Balaban J connectivity index is 1.46. The van der Waals surface area contributed by atoms with Crippen molar-refractivity contribution in [3.05, 3.63) is 63.1 Å². The first-order valence-electron chi connectivity index (χ1n) is 10.1. The zero-order valence-electron chi connectivity index (χ0n) is 17.1. The normalized spacial score (nSPS) is 13.2. The average molecular weight is 475 g/mol. The molecule has 9 heteroatoms. The quantitative estimate of drug-likeness (QED) is 0.288. The Labute approximate surface area is 195 Å². The van der Waals surface area contributed by atoms with Gasteiger partial charge < -0.3 is 15.4 Å². The molecule has 2 heterocycles. The number of thiophene rings is 1. The van der Waals surface area contributed by atoms with Gasteiger partial charge in [0, 0.05) is 22.2 Å². The minimum atomic E-state index is -0.325. The van der Waals surface area contributed by atoms with Gasteiger partial charge in [-0.2, -0.15) is 5.10 Å². The van der Waals surface area contributed by atoms with Gasteiger partial charge >= 0.3 is 5.97 Å². The summed E-state index contributed by atoms with van der Waals surface area (Å²) >= 11 is 13.3. The number of fused-ring (bicyclic) bond motifs is 1. The summed E-state index contributed by atoms with van der Waals surface area (Å²) < 4.78 is 6.84. The molecule has 0 amide bonds. The van der Waals surface area contributed by atoms with Crippen LogP contribution in [0.4, 0.5) is 10.8 Å². The maximum Gasteiger partial charge on any atom is 0.341 e. The number of carbonyl (C=O) groups is 1. The summed E-state index contributed by atoms with van der Waals surface area (Å²) in [5, 5.41) is 12.6. The number of halogens is 1. The molecule has 2 N–H and O–H groups in total. The lowest BCUT2D eigenvalue weighted by atomic mass is 10.1. The van der Waals surface area contributed by atoms with Crippen molar-refractivity contribution in [2.75, 3.05) is 17.7 Å². The van der Waals surface area contributed by atoms with Gasteiger partial charge in [0.25, 0.3) is 0 Å². The maximum absolute atomic E-state index is 12.5. The van der Waals surface area contributed by atoms with Crippen LogP contribution in [0.25, 0.3) is 0 Å². The monoisotopic (exact) mass is 474 g/mol. The van der Waals surface area contributed by atoms with Crippen molar-refractivity contribution >= 4 is 57.1 Å². The van der Waals surface area contributed by atoms with Gasteiger partial charge in [0.15, 0.2) is 10.9 Å². The molecule has 0 aliphatic heterocycles. The standard InChI is InChI=1S/C22H23ClN4O2S2/c1-29-21(28)19-15-8-3-2-4-10-17(15)31-20(19)25-22(30)24-18-11-12-27(26-18)13-14-7-5-6-9-16(14)23/h5-7,9,11-12H,2-4,8,10,13H2,1H3,(H2,24,25,26,30). The lowest BCUT2D eigenvalue weighted by molar-refractivity contribution is 0.0601. The molecule has 0 radical (unpaired) electrons. The number of nitrogens with zero attached hydrogens (tertiary/aromatic N) is 2. The minimum Gasteiger partial charge on any atom is -0.465 e. The van der Waals surface area contributed by atoms with Gasteiger partial charge in [-0.05, 0) is 55.1 Å². The highest BCUT2D eigenvalue weighted by Gasteiger charge is 2.25. The smallest absolute Gasteiger partial charge is 0.341 e. The molecule has 1 aliphatic rings. The summed E-state index contributed by atoms with van der Waals surface area (Å²) in [6.07, 6.45) is 7.14. The number of esters is 1.